The summed E-state index contributed by atoms with van der Waals surface area (Å²) >= 11 is 0. The summed E-state index contributed by atoms with van der Waals surface area (Å²) in [5.74, 6) is 0.516. The zero-order valence-corrected chi connectivity index (χ0v) is 9.79. The first-order valence-corrected chi connectivity index (χ1v) is 5.33. The number of hydrogen-bond acceptors (Lipinski definition) is 4. The van der Waals surface area contributed by atoms with Crippen LogP contribution in [0, 0.1) is 0 Å². The summed E-state index contributed by atoms with van der Waals surface area (Å²) in [5.41, 5.74) is 0.442. The molecule has 2 rings (SSSR count). The molecule has 0 aliphatic carbocycles. The Bertz CT molecular complexity index is 608. The summed E-state index contributed by atoms with van der Waals surface area (Å²) in [6.07, 6.45) is 4.52. The van der Waals surface area contributed by atoms with Crippen LogP contribution < -0.4 is 10.2 Å². The van der Waals surface area contributed by atoms with Gasteiger partial charge in [-0.2, -0.15) is 0 Å². The molecule has 1 heterocycles. The highest BCUT2D eigenvalue weighted by Crippen LogP contribution is 2.16. The second kappa shape index (κ2) is 5.23. The molecular weight excluding hydrogens is 232 g/mol. The van der Waals surface area contributed by atoms with Gasteiger partial charge in [-0.3, -0.25) is 4.79 Å². The van der Waals surface area contributed by atoms with E-state index in [1.807, 2.05) is 24.3 Å². The number of rotatable bonds is 3. The Morgan fingerprint density at radius 1 is 1.17 bits per heavy atom. The van der Waals surface area contributed by atoms with Crippen LogP contribution in [0.25, 0.3) is 12.2 Å². The molecule has 0 saturated heterocycles. The van der Waals surface area contributed by atoms with E-state index >= 15 is 0 Å². The molecule has 0 amide bonds. The van der Waals surface area contributed by atoms with Crippen molar-refractivity contribution in [2.24, 2.45) is 0 Å². The fraction of sp³-hybridized carbons (Fsp3) is 0.0714. The molecule has 1 aromatic heterocycles. The van der Waals surface area contributed by atoms with Crippen molar-refractivity contribution in [1.82, 2.24) is 0 Å². The normalized spacial score (nSPS) is 10.7. The number of benzene rings is 1. The fourth-order valence-electron chi connectivity index (χ4n) is 1.43. The second-order valence-electron chi connectivity index (χ2n) is 3.60. The van der Waals surface area contributed by atoms with E-state index in [0.717, 1.165) is 11.3 Å². The largest absolute Gasteiger partial charge is 0.502 e. The molecule has 0 spiro atoms. The molecule has 2 aromatic rings. The molecule has 0 radical (unpaired) electrons. The van der Waals surface area contributed by atoms with E-state index in [2.05, 4.69) is 0 Å². The van der Waals surface area contributed by atoms with Crippen LogP contribution in [0.1, 0.15) is 11.3 Å². The Morgan fingerprint density at radius 3 is 2.56 bits per heavy atom. The van der Waals surface area contributed by atoms with Gasteiger partial charge in [-0.05, 0) is 23.8 Å². The second-order valence-corrected chi connectivity index (χ2v) is 3.60. The van der Waals surface area contributed by atoms with Crippen molar-refractivity contribution in [3.63, 3.8) is 0 Å². The first kappa shape index (κ1) is 12.0. The Hall–Kier alpha value is -2.49. The lowest BCUT2D eigenvalue weighted by Crippen LogP contribution is -1.97. The predicted octanol–water partition coefficient (Wildman–Crippen LogP) is 2.52. The Balaban J connectivity index is 2.24. The van der Waals surface area contributed by atoms with Crippen LogP contribution in [0.5, 0.6) is 11.5 Å². The van der Waals surface area contributed by atoms with Gasteiger partial charge in [0, 0.05) is 6.07 Å². The summed E-state index contributed by atoms with van der Waals surface area (Å²) in [6, 6.07) is 8.52. The van der Waals surface area contributed by atoms with E-state index in [1.54, 1.807) is 19.3 Å². The molecule has 1 N–H and O–H groups in total. The lowest BCUT2D eigenvalue weighted by molar-refractivity contribution is 0.415. The van der Waals surface area contributed by atoms with Crippen LogP contribution in [0.15, 0.2) is 45.8 Å². The predicted molar refractivity (Wildman–Crippen MR) is 68.6 cm³/mol. The minimum Gasteiger partial charge on any atom is -0.502 e. The van der Waals surface area contributed by atoms with E-state index in [0.29, 0.717) is 0 Å². The Kier molecular flexibility index (Phi) is 3.48. The average Bonchev–Trinajstić information content (AvgIpc) is 2.41. The topological polar surface area (TPSA) is 59.7 Å². The monoisotopic (exact) mass is 244 g/mol. The molecule has 92 valence electrons. The van der Waals surface area contributed by atoms with Crippen LogP contribution in [-0.2, 0) is 0 Å². The van der Waals surface area contributed by atoms with Crippen molar-refractivity contribution >= 4 is 12.2 Å². The maximum absolute atomic E-state index is 11.2. The highest BCUT2D eigenvalue weighted by molar-refractivity contribution is 5.69. The van der Waals surface area contributed by atoms with Gasteiger partial charge in [0.15, 0.2) is 5.76 Å². The molecule has 4 heteroatoms. The van der Waals surface area contributed by atoms with Gasteiger partial charge in [0.1, 0.15) is 5.75 Å². The zero-order chi connectivity index (χ0) is 13.0. The minimum absolute atomic E-state index is 0.137. The summed E-state index contributed by atoms with van der Waals surface area (Å²) in [7, 11) is 1.60. The Morgan fingerprint density at radius 2 is 1.89 bits per heavy atom. The number of aromatic hydroxyl groups is 1. The first-order chi connectivity index (χ1) is 8.70. The van der Waals surface area contributed by atoms with Crippen molar-refractivity contribution < 1.29 is 14.3 Å². The van der Waals surface area contributed by atoms with Gasteiger partial charge in [0.25, 0.3) is 0 Å². The van der Waals surface area contributed by atoms with E-state index in [4.69, 9.17) is 9.15 Å². The molecule has 0 unspecified atom stereocenters. The van der Waals surface area contributed by atoms with Gasteiger partial charge in [-0.1, -0.05) is 18.2 Å². The van der Waals surface area contributed by atoms with E-state index < -0.39 is 5.43 Å². The van der Waals surface area contributed by atoms with Gasteiger partial charge < -0.3 is 14.3 Å². The first-order valence-electron chi connectivity index (χ1n) is 5.33. The summed E-state index contributed by atoms with van der Waals surface area (Å²) < 4.78 is 10.1. The molecule has 0 aliphatic rings. The average molecular weight is 244 g/mol. The van der Waals surface area contributed by atoms with Gasteiger partial charge in [0.05, 0.1) is 13.4 Å². The van der Waals surface area contributed by atoms with Gasteiger partial charge in [0.2, 0.25) is 11.2 Å². The van der Waals surface area contributed by atoms with Crippen molar-refractivity contribution in [3.8, 4) is 11.5 Å². The third-order valence-corrected chi connectivity index (χ3v) is 2.42. The molecule has 0 saturated carbocycles. The van der Waals surface area contributed by atoms with E-state index in [9.17, 15) is 9.90 Å². The van der Waals surface area contributed by atoms with Crippen LogP contribution in [0.4, 0.5) is 0 Å². The van der Waals surface area contributed by atoms with Gasteiger partial charge >= 0.3 is 0 Å². The summed E-state index contributed by atoms with van der Waals surface area (Å²) in [6.45, 7) is 0. The lowest BCUT2D eigenvalue weighted by Gasteiger charge is -1.99. The maximum Gasteiger partial charge on any atom is 0.227 e. The molecule has 1 aromatic carbocycles. The third kappa shape index (κ3) is 2.60. The molecular formula is C14H12O4. The van der Waals surface area contributed by atoms with Crippen molar-refractivity contribution in [3.05, 3.63) is 58.1 Å². The van der Waals surface area contributed by atoms with E-state index in [-0.39, 0.29) is 11.5 Å². The minimum atomic E-state index is -0.462. The van der Waals surface area contributed by atoms with Crippen LogP contribution in [0.3, 0.4) is 0 Å². The van der Waals surface area contributed by atoms with Gasteiger partial charge in [-0.25, -0.2) is 0 Å². The highest BCUT2D eigenvalue weighted by Gasteiger charge is 2.03. The summed E-state index contributed by atoms with van der Waals surface area (Å²) in [5, 5.41) is 9.48. The summed E-state index contributed by atoms with van der Waals surface area (Å²) in [4.78, 5) is 11.2. The lowest BCUT2D eigenvalue weighted by atomic mass is 10.2. The maximum atomic E-state index is 11.2. The molecule has 0 aliphatic heterocycles. The van der Waals surface area contributed by atoms with Crippen molar-refractivity contribution in [1.29, 1.82) is 0 Å². The molecule has 0 fully saturated rings. The molecule has 4 nitrogen and oxygen atoms in total. The number of ether oxygens (including phenoxy) is 1. The molecule has 0 bridgehead atoms. The van der Waals surface area contributed by atoms with Crippen molar-refractivity contribution in [2.45, 2.75) is 0 Å². The SMILES string of the molecule is COc1ccc(C=Cc2occc(=O)c2O)cc1. The standard InChI is InChI=1S/C14H12O4/c1-17-11-5-2-10(3-6-11)4-7-13-14(16)12(15)8-9-18-13/h2-9,16H,1H3. The van der Waals surface area contributed by atoms with Crippen LogP contribution in [0.2, 0.25) is 0 Å². The van der Waals surface area contributed by atoms with E-state index in [1.165, 1.54) is 12.3 Å². The van der Waals surface area contributed by atoms with Crippen LogP contribution >= 0.6 is 0 Å². The van der Waals surface area contributed by atoms with Crippen LogP contribution in [-0.4, -0.2) is 12.2 Å². The molecule has 0 atom stereocenters. The smallest absolute Gasteiger partial charge is 0.227 e. The quantitative estimate of drug-likeness (QED) is 0.901. The zero-order valence-electron chi connectivity index (χ0n) is 9.79. The highest BCUT2D eigenvalue weighted by atomic mass is 16.5. The number of hydrogen-bond donors (Lipinski definition) is 1. The van der Waals surface area contributed by atoms with Gasteiger partial charge in [-0.15, -0.1) is 0 Å². The van der Waals surface area contributed by atoms with Crippen molar-refractivity contribution in [2.75, 3.05) is 7.11 Å². The Labute approximate surface area is 104 Å². The molecule has 18 heavy (non-hydrogen) atoms. The number of methoxy groups -OCH3 is 1. The fourth-order valence-corrected chi connectivity index (χ4v) is 1.43. The third-order valence-electron chi connectivity index (χ3n) is 2.42.